The molecule has 2 heterocycles. The van der Waals surface area contributed by atoms with Crippen molar-refractivity contribution in [1.29, 1.82) is 5.26 Å². The number of benzene rings is 2. The Balaban J connectivity index is 1.49. The van der Waals surface area contributed by atoms with Crippen molar-refractivity contribution in [3.05, 3.63) is 70.9 Å². The summed E-state index contributed by atoms with van der Waals surface area (Å²) in [4.78, 5) is 12.6. The molecule has 3 aromatic rings. The lowest BCUT2D eigenvalue weighted by Gasteiger charge is -2.06. The molecule has 0 spiro atoms. The van der Waals surface area contributed by atoms with Crippen LogP contribution in [0.15, 0.2) is 54.2 Å². The number of hydrogen-bond donors (Lipinski definition) is 2. The molecule has 4 rings (SSSR count). The van der Waals surface area contributed by atoms with E-state index in [1.165, 1.54) is 5.56 Å². The first kappa shape index (κ1) is 19.3. The number of nitrogens with zero attached hydrogens (tertiary/aromatic N) is 2. The third-order valence-corrected chi connectivity index (χ3v) is 4.87. The van der Waals surface area contributed by atoms with Gasteiger partial charge < -0.3 is 14.8 Å². The summed E-state index contributed by atoms with van der Waals surface area (Å²) in [6, 6.07) is 15.5. The van der Waals surface area contributed by atoms with Gasteiger partial charge in [0.25, 0.3) is 5.91 Å². The van der Waals surface area contributed by atoms with Crippen LogP contribution in [-0.2, 0) is 17.8 Å². The number of aromatic amines is 1. The molecule has 0 unspecified atom stereocenters. The number of nitriles is 1. The van der Waals surface area contributed by atoms with E-state index in [0.717, 1.165) is 23.2 Å². The molecule has 0 saturated carbocycles. The van der Waals surface area contributed by atoms with Gasteiger partial charge in [0.15, 0.2) is 11.5 Å². The molecular weight excluding hydrogens is 380 g/mol. The Kier molecular flexibility index (Phi) is 5.48. The average Bonchev–Trinajstić information content (AvgIpc) is 3.44. The van der Waals surface area contributed by atoms with Crippen LogP contribution in [-0.4, -0.2) is 22.9 Å². The van der Waals surface area contributed by atoms with Crippen molar-refractivity contribution in [2.24, 2.45) is 0 Å². The van der Waals surface area contributed by atoms with Crippen molar-refractivity contribution < 1.29 is 14.3 Å². The Morgan fingerprint density at radius 2 is 1.97 bits per heavy atom. The molecule has 1 aliphatic rings. The van der Waals surface area contributed by atoms with Crippen molar-refractivity contribution in [3.8, 4) is 28.8 Å². The Hall–Kier alpha value is -4.05. The second-order valence-electron chi connectivity index (χ2n) is 6.79. The van der Waals surface area contributed by atoms with Gasteiger partial charge in [-0.3, -0.25) is 9.89 Å². The number of aryl methyl sites for hydroxylation is 1. The number of H-pyrrole nitrogens is 1. The lowest BCUT2D eigenvalue weighted by molar-refractivity contribution is -0.117. The molecule has 1 amide bonds. The van der Waals surface area contributed by atoms with Crippen LogP contribution >= 0.6 is 0 Å². The van der Waals surface area contributed by atoms with Gasteiger partial charge in [0, 0.05) is 17.7 Å². The molecule has 0 fully saturated rings. The van der Waals surface area contributed by atoms with Gasteiger partial charge in [-0.2, -0.15) is 10.4 Å². The maximum atomic E-state index is 12.6. The molecule has 1 aromatic heterocycles. The van der Waals surface area contributed by atoms with Gasteiger partial charge in [-0.15, -0.1) is 0 Å². The van der Waals surface area contributed by atoms with E-state index in [2.05, 4.69) is 22.4 Å². The van der Waals surface area contributed by atoms with Gasteiger partial charge >= 0.3 is 0 Å². The minimum Gasteiger partial charge on any atom is -0.454 e. The third-order valence-electron chi connectivity index (χ3n) is 4.87. The monoisotopic (exact) mass is 400 g/mol. The van der Waals surface area contributed by atoms with Gasteiger partial charge in [0.1, 0.15) is 11.6 Å². The van der Waals surface area contributed by atoms with Gasteiger partial charge in [-0.1, -0.05) is 37.3 Å². The van der Waals surface area contributed by atoms with Crippen molar-refractivity contribution in [3.63, 3.8) is 0 Å². The molecule has 30 heavy (non-hydrogen) atoms. The lowest BCUT2D eigenvalue weighted by Crippen LogP contribution is -2.23. The highest BCUT2D eigenvalue weighted by molar-refractivity contribution is 6.02. The summed E-state index contributed by atoms with van der Waals surface area (Å²) in [5.41, 5.74) is 4.46. The fourth-order valence-corrected chi connectivity index (χ4v) is 3.18. The van der Waals surface area contributed by atoms with Crippen LogP contribution in [0.3, 0.4) is 0 Å². The molecule has 1 aliphatic heterocycles. The summed E-state index contributed by atoms with van der Waals surface area (Å²) < 4.78 is 10.6. The van der Waals surface area contributed by atoms with Crippen LogP contribution in [0.5, 0.6) is 11.5 Å². The van der Waals surface area contributed by atoms with E-state index in [-0.39, 0.29) is 18.9 Å². The van der Waals surface area contributed by atoms with Crippen LogP contribution in [0.2, 0.25) is 0 Å². The first-order valence-corrected chi connectivity index (χ1v) is 9.59. The molecule has 7 heteroatoms. The molecule has 2 N–H and O–H groups in total. The highest BCUT2D eigenvalue weighted by Gasteiger charge is 2.15. The Morgan fingerprint density at radius 1 is 1.20 bits per heavy atom. The molecule has 7 nitrogen and oxygen atoms in total. The van der Waals surface area contributed by atoms with E-state index in [4.69, 9.17) is 9.47 Å². The van der Waals surface area contributed by atoms with Crippen LogP contribution < -0.4 is 14.8 Å². The van der Waals surface area contributed by atoms with Gasteiger partial charge in [0.05, 0.1) is 11.9 Å². The average molecular weight is 400 g/mol. The molecule has 0 aliphatic carbocycles. The number of hydrogen-bond acceptors (Lipinski definition) is 5. The second-order valence-corrected chi connectivity index (χ2v) is 6.79. The first-order valence-electron chi connectivity index (χ1n) is 9.59. The molecule has 150 valence electrons. The van der Waals surface area contributed by atoms with Crippen LogP contribution in [0.1, 0.15) is 23.6 Å². The molecule has 0 bridgehead atoms. The van der Waals surface area contributed by atoms with Crippen LogP contribution in [0, 0.1) is 11.3 Å². The van der Waals surface area contributed by atoms with Crippen molar-refractivity contribution in [2.75, 3.05) is 6.79 Å². The number of aromatic nitrogens is 2. The zero-order valence-corrected chi connectivity index (χ0v) is 16.4. The van der Waals surface area contributed by atoms with Crippen molar-refractivity contribution in [2.45, 2.75) is 19.9 Å². The van der Waals surface area contributed by atoms with E-state index in [1.54, 1.807) is 18.3 Å². The van der Waals surface area contributed by atoms with Gasteiger partial charge in [-0.05, 0) is 35.8 Å². The summed E-state index contributed by atoms with van der Waals surface area (Å²) in [5, 5.41) is 19.3. The molecule has 0 saturated heterocycles. The van der Waals surface area contributed by atoms with E-state index in [1.807, 2.05) is 42.5 Å². The zero-order valence-electron chi connectivity index (χ0n) is 16.4. The number of ether oxygens (including phenoxy) is 2. The number of amides is 1. The van der Waals surface area contributed by atoms with E-state index in [0.29, 0.717) is 17.1 Å². The molecule has 0 atom stereocenters. The van der Waals surface area contributed by atoms with E-state index >= 15 is 0 Å². The van der Waals surface area contributed by atoms with Crippen LogP contribution in [0.4, 0.5) is 0 Å². The van der Waals surface area contributed by atoms with Gasteiger partial charge in [-0.25, -0.2) is 0 Å². The maximum absolute atomic E-state index is 12.6. The quantitative estimate of drug-likeness (QED) is 0.486. The minimum atomic E-state index is -0.455. The Bertz CT molecular complexity index is 1140. The summed E-state index contributed by atoms with van der Waals surface area (Å²) in [6.07, 6.45) is 4.10. The fourth-order valence-electron chi connectivity index (χ4n) is 3.18. The second kappa shape index (κ2) is 8.53. The molecular formula is C23H20N4O3. The summed E-state index contributed by atoms with van der Waals surface area (Å²) in [6.45, 7) is 2.56. The zero-order chi connectivity index (χ0) is 20.9. The Morgan fingerprint density at radius 3 is 2.73 bits per heavy atom. The largest absolute Gasteiger partial charge is 0.454 e. The molecule has 2 aromatic carbocycles. The number of carbonyl (C=O) groups is 1. The predicted octanol–water partition coefficient (Wildman–Crippen LogP) is 3.59. The van der Waals surface area contributed by atoms with Crippen molar-refractivity contribution in [1.82, 2.24) is 15.5 Å². The smallest absolute Gasteiger partial charge is 0.262 e. The summed E-state index contributed by atoms with van der Waals surface area (Å²) >= 11 is 0. The highest BCUT2D eigenvalue weighted by atomic mass is 16.7. The standard InChI is InChI=1S/C23H20N4O3/c1-2-15-3-6-17(7-4-15)22-19(13-26-27-22)10-18(11-24)23(28)25-12-16-5-8-20-21(9-16)30-14-29-20/h3-10,13H,2,12,14H2,1H3,(H,25,28)(H,26,27)/b18-10+. The SMILES string of the molecule is CCc1ccc(-c2[nH]ncc2/C=C(\C#N)C(=O)NCc2ccc3c(c2)OCO3)cc1. The molecule has 0 radical (unpaired) electrons. The predicted molar refractivity (Wildman–Crippen MR) is 111 cm³/mol. The summed E-state index contributed by atoms with van der Waals surface area (Å²) in [7, 11) is 0. The van der Waals surface area contributed by atoms with Crippen molar-refractivity contribution >= 4 is 12.0 Å². The maximum Gasteiger partial charge on any atom is 0.262 e. The van der Waals surface area contributed by atoms with Crippen LogP contribution in [0.25, 0.3) is 17.3 Å². The normalized spacial score (nSPS) is 12.5. The topological polar surface area (TPSA) is 100 Å². The van der Waals surface area contributed by atoms with E-state index in [9.17, 15) is 10.1 Å². The van der Waals surface area contributed by atoms with E-state index < -0.39 is 5.91 Å². The number of fused-ring (bicyclic) bond motifs is 1. The fraction of sp³-hybridized carbons (Fsp3) is 0.174. The summed E-state index contributed by atoms with van der Waals surface area (Å²) in [5.74, 6) is 0.876. The Labute approximate surface area is 173 Å². The first-order chi connectivity index (χ1) is 14.7. The van der Waals surface area contributed by atoms with Gasteiger partial charge in [0.2, 0.25) is 6.79 Å². The number of nitrogens with one attached hydrogen (secondary N) is 2. The highest BCUT2D eigenvalue weighted by Crippen LogP contribution is 2.32. The lowest BCUT2D eigenvalue weighted by atomic mass is 10.0. The number of carbonyl (C=O) groups excluding carboxylic acids is 1. The minimum absolute atomic E-state index is 0.00331. The number of rotatable bonds is 6. The third kappa shape index (κ3) is 4.03.